The number of nitrogens with zero attached hydrogens (tertiary/aromatic N) is 1. The van der Waals surface area contributed by atoms with Gasteiger partial charge >= 0.3 is 0 Å². The minimum absolute atomic E-state index is 0.228. The van der Waals surface area contributed by atoms with E-state index in [1.807, 2.05) is 6.92 Å². The number of aromatic nitrogens is 1. The van der Waals surface area contributed by atoms with Gasteiger partial charge < -0.3 is 15.8 Å². The summed E-state index contributed by atoms with van der Waals surface area (Å²) in [6.45, 7) is 2.35. The average Bonchev–Trinajstić information content (AvgIpc) is 2.42. The lowest BCUT2D eigenvalue weighted by molar-refractivity contribution is 0.102. The zero-order valence-electron chi connectivity index (χ0n) is 10.6. The second-order valence-electron chi connectivity index (χ2n) is 3.87. The van der Waals surface area contributed by atoms with E-state index >= 15 is 0 Å². The Hall–Kier alpha value is -2.56. The zero-order valence-corrected chi connectivity index (χ0v) is 10.6. The van der Waals surface area contributed by atoms with Crippen LogP contribution in [0.5, 0.6) is 5.88 Å². The van der Waals surface area contributed by atoms with Gasteiger partial charge in [0.1, 0.15) is 5.69 Å². The molecular formula is C14H15N3O2. The Morgan fingerprint density at radius 1 is 1.32 bits per heavy atom. The van der Waals surface area contributed by atoms with Gasteiger partial charge in [-0.25, -0.2) is 4.98 Å². The Bertz CT molecular complexity index is 567. The summed E-state index contributed by atoms with van der Waals surface area (Å²) in [7, 11) is 0. The molecule has 1 aromatic carbocycles. The maximum atomic E-state index is 12.0. The molecule has 0 aliphatic heterocycles. The van der Waals surface area contributed by atoms with Gasteiger partial charge in [0.25, 0.3) is 5.91 Å². The van der Waals surface area contributed by atoms with Crippen LogP contribution in [-0.4, -0.2) is 17.5 Å². The molecule has 0 spiro atoms. The van der Waals surface area contributed by atoms with Crippen LogP contribution in [0, 0.1) is 0 Å². The number of hydrogen-bond donors (Lipinski definition) is 2. The highest BCUT2D eigenvalue weighted by molar-refractivity contribution is 6.05. The summed E-state index contributed by atoms with van der Waals surface area (Å²) in [4.78, 5) is 16.1. The van der Waals surface area contributed by atoms with Crippen LogP contribution < -0.4 is 15.8 Å². The molecule has 19 heavy (non-hydrogen) atoms. The van der Waals surface area contributed by atoms with Crippen LogP contribution in [0.25, 0.3) is 0 Å². The lowest BCUT2D eigenvalue weighted by Crippen LogP contribution is -2.13. The minimum Gasteiger partial charge on any atom is -0.476 e. The van der Waals surface area contributed by atoms with E-state index in [1.165, 1.54) is 0 Å². The number of nitrogen functional groups attached to an aromatic ring is 1. The summed E-state index contributed by atoms with van der Waals surface area (Å²) < 4.78 is 5.35. The molecular weight excluding hydrogens is 242 g/mol. The predicted octanol–water partition coefficient (Wildman–Crippen LogP) is 2.31. The van der Waals surface area contributed by atoms with Crippen LogP contribution in [0.1, 0.15) is 17.3 Å². The first kappa shape index (κ1) is 12.9. The lowest BCUT2D eigenvalue weighted by Gasteiger charge is -2.10. The van der Waals surface area contributed by atoms with Crippen LogP contribution in [0.4, 0.5) is 11.4 Å². The van der Waals surface area contributed by atoms with Gasteiger partial charge in [0.15, 0.2) is 0 Å². The van der Waals surface area contributed by atoms with E-state index in [0.29, 0.717) is 29.4 Å². The Balaban J connectivity index is 2.16. The van der Waals surface area contributed by atoms with Crippen molar-refractivity contribution in [2.45, 2.75) is 6.92 Å². The fourth-order valence-corrected chi connectivity index (χ4v) is 1.57. The standard InChI is InChI=1S/C14H15N3O2/c1-2-19-14-12(4-3-9-16-14)17-13(18)10-5-7-11(15)8-6-10/h3-9H,2,15H2,1H3,(H,17,18). The van der Waals surface area contributed by atoms with Crippen molar-refractivity contribution in [2.24, 2.45) is 0 Å². The summed E-state index contributed by atoms with van der Waals surface area (Å²) in [6, 6.07) is 10.2. The minimum atomic E-state index is -0.228. The largest absolute Gasteiger partial charge is 0.476 e. The lowest BCUT2D eigenvalue weighted by atomic mass is 10.2. The van der Waals surface area contributed by atoms with E-state index in [1.54, 1.807) is 42.6 Å². The third kappa shape index (κ3) is 3.22. The number of anilines is 2. The van der Waals surface area contributed by atoms with Crippen molar-refractivity contribution in [1.29, 1.82) is 0 Å². The molecule has 0 saturated carbocycles. The molecule has 0 fully saturated rings. The molecule has 2 rings (SSSR count). The first-order valence-corrected chi connectivity index (χ1v) is 5.95. The Morgan fingerprint density at radius 2 is 2.05 bits per heavy atom. The van der Waals surface area contributed by atoms with Crippen molar-refractivity contribution < 1.29 is 9.53 Å². The number of amides is 1. The first-order valence-electron chi connectivity index (χ1n) is 5.95. The molecule has 0 aliphatic rings. The summed E-state index contributed by atoms with van der Waals surface area (Å²) in [6.07, 6.45) is 1.61. The number of rotatable bonds is 4. The average molecular weight is 257 g/mol. The van der Waals surface area contributed by atoms with Crippen LogP contribution in [0.15, 0.2) is 42.6 Å². The molecule has 5 nitrogen and oxygen atoms in total. The van der Waals surface area contributed by atoms with Crippen molar-refractivity contribution in [3.8, 4) is 5.88 Å². The molecule has 1 amide bonds. The van der Waals surface area contributed by atoms with E-state index in [9.17, 15) is 4.79 Å². The Labute approximate surface area is 111 Å². The molecule has 5 heteroatoms. The number of nitrogens with two attached hydrogens (primary N) is 1. The first-order chi connectivity index (χ1) is 9.20. The number of pyridine rings is 1. The summed E-state index contributed by atoms with van der Waals surface area (Å²) in [5.41, 5.74) is 7.28. The number of hydrogen-bond acceptors (Lipinski definition) is 4. The highest BCUT2D eigenvalue weighted by Crippen LogP contribution is 2.21. The van der Waals surface area contributed by atoms with Gasteiger partial charge in [-0.05, 0) is 43.3 Å². The fourth-order valence-electron chi connectivity index (χ4n) is 1.57. The van der Waals surface area contributed by atoms with Gasteiger partial charge in [0.05, 0.1) is 6.61 Å². The molecule has 0 aliphatic carbocycles. The SMILES string of the molecule is CCOc1ncccc1NC(=O)c1ccc(N)cc1. The van der Waals surface area contributed by atoms with Gasteiger partial charge in [0, 0.05) is 17.4 Å². The van der Waals surface area contributed by atoms with Gasteiger partial charge in [-0.1, -0.05) is 0 Å². The number of nitrogens with one attached hydrogen (secondary N) is 1. The topological polar surface area (TPSA) is 77.2 Å². The smallest absolute Gasteiger partial charge is 0.255 e. The molecule has 0 bridgehead atoms. The normalized spacial score (nSPS) is 9.95. The molecule has 98 valence electrons. The van der Waals surface area contributed by atoms with Crippen LogP contribution in [-0.2, 0) is 0 Å². The fraction of sp³-hybridized carbons (Fsp3) is 0.143. The van der Waals surface area contributed by atoms with Crippen molar-refractivity contribution in [1.82, 2.24) is 4.98 Å². The Morgan fingerprint density at radius 3 is 2.74 bits per heavy atom. The number of carbonyl (C=O) groups is 1. The molecule has 1 aromatic heterocycles. The van der Waals surface area contributed by atoms with Crippen LogP contribution >= 0.6 is 0 Å². The zero-order chi connectivity index (χ0) is 13.7. The van der Waals surface area contributed by atoms with E-state index in [0.717, 1.165) is 0 Å². The molecule has 0 atom stereocenters. The maximum absolute atomic E-state index is 12.0. The van der Waals surface area contributed by atoms with E-state index < -0.39 is 0 Å². The van der Waals surface area contributed by atoms with E-state index in [2.05, 4.69) is 10.3 Å². The molecule has 3 N–H and O–H groups in total. The van der Waals surface area contributed by atoms with Gasteiger partial charge in [-0.3, -0.25) is 4.79 Å². The summed E-state index contributed by atoms with van der Waals surface area (Å²) in [5.74, 6) is 0.183. The maximum Gasteiger partial charge on any atom is 0.255 e. The monoisotopic (exact) mass is 257 g/mol. The van der Waals surface area contributed by atoms with Gasteiger partial charge in [0.2, 0.25) is 5.88 Å². The highest BCUT2D eigenvalue weighted by atomic mass is 16.5. The van der Waals surface area contributed by atoms with E-state index in [4.69, 9.17) is 10.5 Å². The molecule has 2 aromatic rings. The molecule has 0 unspecified atom stereocenters. The van der Waals surface area contributed by atoms with E-state index in [-0.39, 0.29) is 5.91 Å². The third-order valence-electron chi connectivity index (χ3n) is 2.47. The second kappa shape index (κ2) is 5.86. The highest BCUT2D eigenvalue weighted by Gasteiger charge is 2.10. The number of ether oxygens (including phenoxy) is 1. The summed E-state index contributed by atoms with van der Waals surface area (Å²) >= 11 is 0. The van der Waals surface area contributed by atoms with Crippen LogP contribution in [0.3, 0.4) is 0 Å². The molecule has 0 radical (unpaired) electrons. The predicted molar refractivity (Wildman–Crippen MR) is 74.2 cm³/mol. The van der Waals surface area contributed by atoms with Crippen molar-refractivity contribution in [2.75, 3.05) is 17.7 Å². The molecule has 0 saturated heterocycles. The second-order valence-corrected chi connectivity index (χ2v) is 3.87. The van der Waals surface area contributed by atoms with Crippen molar-refractivity contribution in [3.05, 3.63) is 48.2 Å². The van der Waals surface area contributed by atoms with Gasteiger partial charge in [-0.2, -0.15) is 0 Å². The Kier molecular flexibility index (Phi) is 3.97. The number of carbonyl (C=O) groups excluding carboxylic acids is 1. The van der Waals surface area contributed by atoms with Crippen molar-refractivity contribution in [3.63, 3.8) is 0 Å². The third-order valence-corrected chi connectivity index (χ3v) is 2.47. The van der Waals surface area contributed by atoms with Gasteiger partial charge in [-0.15, -0.1) is 0 Å². The molecule has 1 heterocycles. The van der Waals surface area contributed by atoms with Crippen molar-refractivity contribution >= 4 is 17.3 Å². The summed E-state index contributed by atoms with van der Waals surface area (Å²) in [5, 5.41) is 2.76. The quantitative estimate of drug-likeness (QED) is 0.824. The number of benzene rings is 1. The van der Waals surface area contributed by atoms with Crippen LogP contribution in [0.2, 0.25) is 0 Å².